The molecule has 0 saturated heterocycles. The first-order chi connectivity index (χ1) is 10.5. The van der Waals surface area contributed by atoms with Gasteiger partial charge in [-0.05, 0) is 18.9 Å². The van der Waals surface area contributed by atoms with Gasteiger partial charge in [-0.15, -0.1) is 0 Å². The summed E-state index contributed by atoms with van der Waals surface area (Å²) in [5.41, 5.74) is 2.06. The fourth-order valence-electron chi connectivity index (χ4n) is 2.09. The molecule has 0 radical (unpaired) electrons. The van der Waals surface area contributed by atoms with Crippen molar-refractivity contribution in [1.82, 2.24) is 15.3 Å². The highest BCUT2D eigenvalue weighted by Crippen LogP contribution is 2.09. The van der Waals surface area contributed by atoms with E-state index in [4.69, 9.17) is 0 Å². The zero-order valence-electron chi connectivity index (χ0n) is 13.3. The predicted octanol–water partition coefficient (Wildman–Crippen LogP) is 2.10. The third-order valence-electron chi connectivity index (χ3n) is 3.27. The molecule has 0 aliphatic rings. The van der Waals surface area contributed by atoms with Crippen molar-refractivity contribution in [1.29, 1.82) is 0 Å². The Hall–Kier alpha value is -2.43. The molecular formula is C17H22N4O. The van der Waals surface area contributed by atoms with Gasteiger partial charge in [0.15, 0.2) is 0 Å². The van der Waals surface area contributed by atoms with Gasteiger partial charge in [-0.3, -0.25) is 4.79 Å². The molecule has 5 nitrogen and oxygen atoms in total. The number of hydrogen-bond donors (Lipinski definition) is 1. The lowest BCUT2D eigenvalue weighted by Crippen LogP contribution is -2.25. The van der Waals surface area contributed by atoms with Gasteiger partial charge in [0.05, 0.1) is 6.54 Å². The number of benzene rings is 1. The Balaban J connectivity index is 1.86. The summed E-state index contributed by atoms with van der Waals surface area (Å²) in [6, 6.07) is 11.9. The molecule has 0 fully saturated rings. The van der Waals surface area contributed by atoms with Crippen molar-refractivity contribution in [3.05, 3.63) is 53.5 Å². The van der Waals surface area contributed by atoms with Crippen LogP contribution in [0.2, 0.25) is 0 Å². The van der Waals surface area contributed by atoms with Crippen molar-refractivity contribution < 1.29 is 4.79 Å². The summed E-state index contributed by atoms with van der Waals surface area (Å²) in [7, 11) is 3.87. The molecule has 1 aromatic heterocycles. The van der Waals surface area contributed by atoms with Gasteiger partial charge in [-0.25, -0.2) is 9.97 Å². The Morgan fingerprint density at radius 1 is 1.18 bits per heavy atom. The maximum atomic E-state index is 11.9. The van der Waals surface area contributed by atoms with E-state index in [9.17, 15) is 4.79 Å². The van der Waals surface area contributed by atoms with Crippen molar-refractivity contribution in [2.45, 2.75) is 26.3 Å². The molecule has 0 saturated carbocycles. The Bertz CT molecular complexity index is 626. The minimum Gasteiger partial charge on any atom is -0.363 e. The molecular weight excluding hydrogens is 276 g/mol. The second-order valence-corrected chi connectivity index (χ2v) is 5.44. The SMILES string of the molecule is Cc1cc(N(C)C)nc(CNC(=O)CCc2ccccc2)n1. The van der Waals surface area contributed by atoms with Gasteiger partial charge < -0.3 is 10.2 Å². The van der Waals surface area contributed by atoms with Gasteiger partial charge in [0.25, 0.3) is 0 Å². The first-order valence-corrected chi connectivity index (χ1v) is 7.37. The van der Waals surface area contributed by atoms with E-state index in [-0.39, 0.29) is 5.91 Å². The van der Waals surface area contributed by atoms with Crippen LogP contribution in [-0.2, 0) is 17.8 Å². The van der Waals surface area contributed by atoms with Crippen LogP contribution in [0.1, 0.15) is 23.5 Å². The van der Waals surface area contributed by atoms with Gasteiger partial charge in [0.1, 0.15) is 11.6 Å². The Morgan fingerprint density at radius 2 is 1.91 bits per heavy atom. The number of aryl methyl sites for hydroxylation is 2. The Morgan fingerprint density at radius 3 is 2.59 bits per heavy atom. The van der Waals surface area contributed by atoms with E-state index in [1.165, 1.54) is 5.56 Å². The number of hydrogen-bond acceptors (Lipinski definition) is 4. The van der Waals surface area contributed by atoms with Gasteiger partial charge in [0, 0.05) is 32.3 Å². The topological polar surface area (TPSA) is 58.1 Å². The molecule has 0 unspecified atom stereocenters. The Kier molecular flexibility index (Phi) is 5.47. The van der Waals surface area contributed by atoms with Crippen LogP contribution in [0.4, 0.5) is 5.82 Å². The minimum atomic E-state index is 0.0142. The van der Waals surface area contributed by atoms with Crippen molar-refractivity contribution in [2.24, 2.45) is 0 Å². The second kappa shape index (κ2) is 7.54. The first-order valence-electron chi connectivity index (χ1n) is 7.37. The summed E-state index contributed by atoms with van der Waals surface area (Å²) < 4.78 is 0. The minimum absolute atomic E-state index is 0.0142. The molecule has 0 aliphatic heterocycles. The normalized spacial score (nSPS) is 10.3. The Labute approximate surface area is 131 Å². The fraction of sp³-hybridized carbons (Fsp3) is 0.353. The van der Waals surface area contributed by atoms with E-state index >= 15 is 0 Å². The second-order valence-electron chi connectivity index (χ2n) is 5.44. The molecule has 1 heterocycles. The number of rotatable bonds is 6. The molecule has 22 heavy (non-hydrogen) atoms. The standard InChI is InChI=1S/C17H22N4O/c1-13-11-16(21(2)3)20-15(19-13)12-18-17(22)10-9-14-7-5-4-6-8-14/h4-8,11H,9-10,12H2,1-3H3,(H,18,22). The van der Waals surface area contributed by atoms with Gasteiger partial charge in [-0.2, -0.15) is 0 Å². The van der Waals surface area contributed by atoms with Crippen LogP contribution in [0.25, 0.3) is 0 Å². The number of carbonyl (C=O) groups is 1. The van der Waals surface area contributed by atoms with Crippen LogP contribution >= 0.6 is 0 Å². The lowest BCUT2D eigenvalue weighted by Gasteiger charge is -2.13. The number of nitrogens with zero attached hydrogens (tertiary/aromatic N) is 3. The summed E-state index contributed by atoms with van der Waals surface area (Å²) in [5.74, 6) is 1.50. The third-order valence-corrected chi connectivity index (χ3v) is 3.27. The molecule has 1 N–H and O–H groups in total. The largest absolute Gasteiger partial charge is 0.363 e. The monoisotopic (exact) mass is 298 g/mol. The zero-order chi connectivity index (χ0) is 15.9. The average Bonchev–Trinajstić information content (AvgIpc) is 2.51. The molecule has 0 bridgehead atoms. The molecule has 0 spiro atoms. The van der Waals surface area contributed by atoms with E-state index in [1.54, 1.807) is 0 Å². The number of nitrogens with one attached hydrogen (secondary N) is 1. The molecule has 2 rings (SSSR count). The fourth-order valence-corrected chi connectivity index (χ4v) is 2.09. The van der Waals surface area contributed by atoms with E-state index in [1.807, 2.05) is 62.3 Å². The quantitative estimate of drug-likeness (QED) is 0.887. The molecule has 116 valence electrons. The van der Waals surface area contributed by atoms with E-state index in [0.717, 1.165) is 17.9 Å². The zero-order valence-corrected chi connectivity index (χ0v) is 13.3. The highest BCUT2D eigenvalue weighted by atomic mass is 16.1. The number of carbonyl (C=O) groups excluding carboxylic acids is 1. The van der Waals surface area contributed by atoms with Gasteiger partial charge in [-0.1, -0.05) is 30.3 Å². The molecule has 0 aliphatic carbocycles. The summed E-state index contributed by atoms with van der Waals surface area (Å²) in [5, 5.41) is 2.88. The van der Waals surface area contributed by atoms with Crippen LogP contribution in [0.15, 0.2) is 36.4 Å². The smallest absolute Gasteiger partial charge is 0.220 e. The van der Waals surface area contributed by atoms with Crippen molar-refractivity contribution in [3.8, 4) is 0 Å². The van der Waals surface area contributed by atoms with Crippen LogP contribution < -0.4 is 10.2 Å². The molecule has 0 atom stereocenters. The van der Waals surface area contributed by atoms with E-state index in [2.05, 4.69) is 15.3 Å². The third kappa shape index (κ3) is 4.84. The first kappa shape index (κ1) is 15.9. The maximum Gasteiger partial charge on any atom is 0.220 e. The van der Waals surface area contributed by atoms with Gasteiger partial charge in [0.2, 0.25) is 5.91 Å². The molecule has 1 amide bonds. The summed E-state index contributed by atoms with van der Waals surface area (Å²) >= 11 is 0. The van der Waals surface area contributed by atoms with Crippen LogP contribution in [0.5, 0.6) is 0 Å². The summed E-state index contributed by atoms with van der Waals surface area (Å²) in [6.45, 7) is 2.28. The summed E-state index contributed by atoms with van der Waals surface area (Å²) in [6.07, 6.45) is 1.21. The lowest BCUT2D eigenvalue weighted by atomic mass is 10.1. The van der Waals surface area contributed by atoms with Crippen LogP contribution in [0, 0.1) is 6.92 Å². The molecule has 2 aromatic rings. The molecule has 5 heteroatoms. The number of amides is 1. The van der Waals surface area contributed by atoms with Gasteiger partial charge >= 0.3 is 0 Å². The highest BCUT2D eigenvalue weighted by molar-refractivity contribution is 5.76. The van der Waals surface area contributed by atoms with Crippen LogP contribution in [0.3, 0.4) is 0 Å². The molecule has 1 aromatic carbocycles. The van der Waals surface area contributed by atoms with Crippen molar-refractivity contribution >= 4 is 11.7 Å². The van der Waals surface area contributed by atoms with E-state index < -0.39 is 0 Å². The lowest BCUT2D eigenvalue weighted by molar-refractivity contribution is -0.121. The van der Waals surface area contributed by atoms with Crippen molar-refractivity contribution in [2.75, 3.05) is 19.0 Å². The maximum absolute atomic E-state index is 11.9. The predicted molar refractivity (Wildman–Crippen MR) is 87.7 cm³/mol. The average molecular weight is 298 g/mol. The number of aromatic nitrogens is 2. The van der Waals surface area contributed by atoms with E-state index in [0.29, 0.717) is 18.8 Å². The van der Waals surface area contributed by atoms with Crippen LogP contribution in [-0.4, -0.2) is 30.0 Å². The number of anilines is 1. The highest BCUT2D eigenvalue weighted by Gasteiger charge is 2.06. The summed E-state index contributed by atoms with van der Waals surface area (Å²) in [4.78, 5) is 22.6. The van der Waals surface area contributed by atoms with Crippen molar-refractivity contribution in [3.63, 3.8) is 0 Å².